The first-order valence-corrected chi connectivity index (χ1v) is 12.1. The van der Waals surface area contributed by atoms with Crippen LogP contribution < -0.4 is 10.0 Å². The number of amides is 2. The molecule has 0 bridgehead atoms. The maximum absolute atomic E-state index is 12.5. The minimum Gasteiger partial charge on any atom is -0.335 e. The summed E-state index contributed by atoms with van der Waals surface area (Å²) in [5, 5.41) is 2.74. The number of urea groups is 1. The van der Waals surface area contributed by atoms with E-state index in [2.05, 4.69) is 20.0 Å². The van der Waals surface area contributed by atoms with E-state index in [1.54, 1.807) is 18.3 Å². The number of aromatic nitrogens is 2. The summed E-state index contributed by atoms with van der Waals surface area (Å²) in [6.45, 7) is 1.81. The molecule has 1 aliphatic rings. The lowest BCUT2D eigenvalue weighted by molar-refractivity contribution is 0.0975. The molecule has 2 N–H and O–H groups in total. The molecule has 9 heteroatoms. The van der Waals surface area contributed by atoms with Crippen molar-refractivity contribution in [2.24, 2.45) is 0 Å². The molecule has 3 rings (SSSR count). The zero-order chi connectivity index (χ0) is 22.3. The van der Waals surface area contributed by atoms with Crippen LogP contribution in [0.3, 0.4) is 0 Å². The Kier molecular flexibility index (Phi) is 7.73. The smallest absolute Gasteiger partial charge is 0.328 e. The molecule has 0 saturated heterocycles. The molecule has 0 aliphatic heterocycles. The van der Waals surface area contributed by atoms with Gasteiger partial charge in [0.05, 0.1) is 16.8 Å². The van der Waals surface area contributed by atoms with E-state index in [4.69, 9.17) is 0 Å². The predicted octanol–water partition coefficient (Wildman–Crippen LogP) is 3.31. The lowest BCUT2D eigenvalue weighted by Gasteiger charge is -2.22. The summed E-state index contributed by atoms with van der Waals surface area (Å²) in [6.07, 6.45) is 9.61. The molecule has 1 aromatic carbocycles. The summed E-state index contributed by atoms with van der Waals surface area (Å²) >= 11 is 0. The summed E-state index contributed by atoms with van der Waals surface area (Å²) < 4.78 is 27.0. The van der Waals surface area contributed by atoms with Crippen molar-refractivity contribution < 1.29 is 18.0 Å². The van der Waals surface area contributed by atoms with Crippen LogP contribution in [0.1, 0.15) is 66.7 Å². The number of rotatable bonds is 8. The average Bonchev–Trinajstić information content (AvgIpc) is 2.75. The molecule has 0 radical (unpaired) electrons. The van der Waals surface area contributed by atoms with Gasteiger partial charge in [0.1, 0.15) is 5.69 Å². The largest absolute Gasteiger partial charge is 0.335 e. The highest BCUT2D eigenvalue weighted by atomic mass is 32.2. The number of carbonyl (C=O) groups excluding carboxylic acids is 2. The number of ketones is 1. The number of Topliss-reactive ketones (excluding diaryl/α,β-unsaturated/α-hetero) is 1. The number of hydrogen-bond acceptors (Lipinski definition) is 6. The van der Waals surface area contributed by atoms with E-state index in [0.717, 1.165) is 43.4 Å². The van der Waals surface area contributed by atoms with Crippen LogP contribution in [0.25, 0.3) is 0 Å². The van der Waals surface area contributed by atoms with Crippen LogP contribution in [0.15, 0.2) is 41.6 Å². The summed E-state index contributed by atoms with van der Waals surface area (Å²) in [5.41, 5.74) is 2.02. The van der Waals surface area contributed by atoms with Gasteiger partial charge in [0.2, 0.25) is 0 Å². The maximum atomic E-state index is 12.5. The van der Waals surface area contributed by atoms with Crippen LogP contribution in [0.4, 0.5) is 4.79 Å². The summed E-state index contributed by atoms with van der Waals surface area (Å²) in [6, 6.07) is 5.68. The van der Waals surface area contributed by atoms with Crippen LogP contribution >= 0.6 is 0 Å². The SMILES string of the molecule is Cc1cnc(C(=O)CCCc2ccc(S(=O)(=O)NC(=O)NC3CCCCC3)cc2)cn1. The molecule has 8 nitrogen and oxygen atoms in total. The Morgan fingerprint density at radius 3 is 2.39 bits per heavy atom. The Balaban J connectivity index is 1.48. The van der Waals surface area contributed by atoms with Gasteiger partial charge in [-0.05, 0) is 50.3 Å². The van der Waals surface area contributed by atoms with Crippen molar-refractivity contribution in [2.45, 2.75) is 69.2 Å². The van der Waals surface area contributed by atoms with Gasteiger partial charge < -0.3 is 5.32 Å². The molecule has 31 heavy (non-hydrogen) atoms. The lowest BCUT2D eigenvalue weighted by Crippen LogP contribution is -2.45. The van der Waals surface area contributed by atoms with Crippen molar-refractivity contribution in [2.75, 3.05) is 0 Å². The van der Waals surface area contributed by atoms with Crippen LogP contribution in [0, 0.1) is 6.92 Å². The van der Waals surface area contributed by atoms with Gasteiger partial charge in [-0.3, -0.25) is 9.78 Å². The van der Waals surface area contributed by atoms with Crippen LogP contribution in [-0.2, 0) is 16.4 Å². The fraction of sp³-hybridized carbons (Fsp3) is 0.455. The van der Waals surface area contributed by atoms with Crippen molar-refractivity contribution in [3.63, 3.8) is 0 Å². The molecule has 1 aliphatic carbocycles. The van der Waals surface area contributed by atoms with Crippen molar-refractivity contribution in [3.05, 3.63) is 53.6 Å². The molecule has 1 aromatic heterocycles. The second-order valence-electron chi connectivity index (χ2n) is 7.88. The number of aryl methyl sites for hydroxylation is 2. The van der Waals surface area contributed by atoms with Crippen molar-refractivity contribution in [1.82, 2.24) is 20.0 Å². The molecule has 1 heterocycles. The molecule has 0 atom stereocenters. The van der Waals surface area contributed by atoms with Gasteiger partial charge in [-0.1, -0.05) is 31.4 Å². The number of nitrogens with zero attached hydrogens (tertiary/aromatic N) is 2. The minimum absolute atomic E-state index is 0.0277. The monoisotopic (exact) mass is 444 g/mol. The van der Waals surface area contributed by atoms with Crippen molar-refractivity contribution in [1.29, 1.82) is 0 Å². The van der Waals surface area contributed by atoms with E-state index < -0.39 is 16.1 Å². The highest BCUT2D eigenvalue weighted by Gasteiger charge is 2.21. The fourth-order valence-electron chi connectivity index (χ4n) is 3.60. The molecule has 1 fully saturated rings. The molecule has 0 spiro atoms. The van der Waals surface area contributed by atoms with E-state index in [9.17, 15) is 18.0 Å². The quantitative estimate of drug-likeness (QED) is 0.603. The number of hydrogen-bond donors (Lipinski definition) is 2. The van der Waals surface area contributed by atoms with E-state index in [-0.39, 0.29) is 16.7 Å². The van der Waals surface area contributed by atoms with Crippen LogP contribution in [-0.4, -0.2) is 36.2 Å². The molecule has 166 valence electrons. The lowest BCUT2D eigenvalue weighted by atomic mass is 9.96. The summed E-state index contributed by atoms with van der Waals surface area (Å²) in [7, 11) is -3.93. The number of nitrogens with one attached hydrogen (secondary N) is 2. The first-order valence-electron chi connectivity index (χ1n) is 10.6. The first-order chi connectivity index (χ1) is 14.8. The Hall–Kier alpha value is -2.81. The average molecular weight is 445 g/mol. The van der Waals surface area contributed by atoms with Gasteiger partial charge >= 0.3 is 6.03 Å². The first kappa shape index (κ1) is 22.9. The molecular weight excluding hydrogens is 416 g/mol. The van der Waals surface area contributed by atoms with Gasteiger partial charge in [0.25, 0.3) is 10.0 Å². The third kappa shape index (κ3) is 6.85. The van der Waals surface area contributed by atoms with Crippen LogP contribution in [0.5, 0.6) is 0 Å². The fourth-order valence-corrected chi connectivity index (χ4v) is 4.51. The van der Waals surface area contributed by atoms with Gasteiger partial charge in [-0.15, -0.1) is 0 Å². The third-order valence-corrected chi connectivity index (χ3v) is 6.68. The zero-order valence-corrected chi connectivity index (χ0v) is 18.5. The highest BCUT2D eigenvalue weighted by molar-refractivity contribution is 7.90. The predicted molar refractivity (Wildman–Crippen MR) is 116 cm³/mol. The van der Waals surface area contributed by atoms with E-state index in [1.807, 2.05) is 6.92 Å². The van der Waals surface area contributed by atoms with Gasteiger partial charge in [-0.25, -0.2) is 22.9 Å². The molecular formula is C22H28N4O4S. The number of benzene rings is 1. The Morgan fingerprint density at radius 1 is 1.03 bits per heavy atom. The third-order valence-electron chi connectivity index (χ3n) is 5.34. The van der Waals surface area contributed by atoms with Gasteiger partial charge in [-0.2, -0.15) is 0 Å². The van der Waals surface area contributed by atoms with Crippen molar-refractivity contribution >= 4 is 21.8 Å². The molecule has 0 unspecified atom stereocenters. The van der Waals surface area contributed by atoms with E-state index >= 15 is 0 Å². The summed E-state index contributed by atoms with van der Waals surface area (Å²) in [5.74, 6) is -0.0696. The zero-order valence-electron chi connectivity index (χ0n) is 17.6. The molecule has 2 amide bonds. The number of carbonyl (C=O) groups is 2. The van der Waals surface area contributed by atoms with Crippen molar-refractivity contribution in [3.8, 4) is 0 Å². The van der Waals surface area contributed by atoms with E-state index in [0.29, 0.717) is 25.0 Å². The highest BCUT2D eigenvalue weighted by Crippen LogP contribution is 2.18. The number of sulfonamides is 1. The minimum atomic E-state index is -3.93. The standard InChI is InChI=1S/C22H28N4O4S/c1-16-14-24-20(15-23-16)21(27)9-5-6-17-10-12-19(13-11-17)31(29,30)26-22(28)25-18-7-3-2-4-8-18/h10-15,18H,2-9H2,1H3,(H2,25,26,28). The second-order valence-corrected chi connectivity index (χ2v) is 9.56. The second kappa shape index (κ2) is 10.5. The van der Waals surface area contributed by atoms with Crippen LogP contribution in [0.2, 0.25) is 0 Å². The Morgan fingerprint density at radius 2 is 1.74 bits per heavy atom. The Labute approximate surface area is 182 Å². The normalized spacial score (nSPS) is 14.7. The molecule has 1 saturated carbocycles. The Bertz CT molecular complexity index is 999. The topological polar surface area (TPSA) is 118 Å². The van der Waals surface area contributed by atoms with E-state index in [1.165, 1.54) is 18.3 Å². The van der Waals surface area contributed by atoms with Gasteiger partial charge in [0, 0.05) is 18.7 Å². The molecule has 2 aromatic rings. The van der Waals surface area contributed by atoms with Gasteiger partial charge in [0.15, 0.2) is 5.78 Å². The maximum Gasteiger partial charge on any atom is 0.328 e. The summed E-state index contributed by atoms with van der Waals surface area (Å²) in [4.78, 5) is 32.4.